The first-order valence-corrected chi connectivity index (χ1v) is 4.34. The van der Waals surface area contributed by atoms with Crippen LogP contribution in [0.25, 0.3) is 0 Å². The number of aliphatic hydroxyl groups excluding tert-OH is 1. The molecule has 1 unspecified atom stereocenters. The summed E-state index contributed by atoms with van der Waals surface area (Å²) < 4.78 is 0. The molecule has 11 heavy (non-hydrogen) atoms. The van der Waals surface area contributed by atoms with Gasteiger partial charge in [-0.25, -0.2) is 0 Å². The molecule has 2 nitrogen and oxygen atoms in total. The minimum atomic E-state index is 0.318. The average Bonchev–Trinajstić information content (AvgIpc) is 2.39. The Morgan fingerprint density at radius 2 is 2.45 bits per heavy atom. The Hall–Kier alpha value is -0.340. The maximum absolute atomic E-state index is 8.76. The third-order valence-corrected chi connectivity index (χ3v) is 2.33. The molecule has 0 aromatic carbocycles. The van der Waals surface area contributed by atoms with Crippen LogP contribution in [0.3, 0.4) is 0 Å². The number of hydrogen-bond donors (Lipinski definition) is 1. The van der Waals surface area contributed by atoms with Crippen molar-refractivity contribution in [2.45, 2.75) is 25.3 Å². The van der Waals surface area contributed by atoms with Gasteiger partial charge in [-0.05, 0) is 25.8 Å². The van der Waals surface area contributed by atoms with Gasteiger partial charge in [0.1, 0.15) is 0 Å². The Morgan fingerprint density at radius 3 is 3.09 bits per heavy atom. The van der Waals surface area contributed by atoms with Crippen LogP contribution >= 0.6 is 0 Å². The molecule has 1 fully saturated rings. The van der Waals surface area contributed by atoms with E-state index in [2.05, 4.69) is 11.5 Å². The third kappa shape index (κ3) is 2.31. The quantitative estimate of drug-likeness (QED) is 0.613. The van der Waals surface area contributed by atoms with Crippen molar-refractivity contribution in [3.05, 3.63) is 12.7 Å². The van der Waals surface area contributed by atoms with E-state index in [1.54, 1.807) is 0 Å². The van der Waals surface area contributed by atoms with Crippen LogP contribution in [0.2, 0.25) is 0 Å². The number of likely N-dealkylation sites (tertiary alicyclic amines) is 1. The summed E-state index contributed by atoms with van der Waals surface area (Å²) in [6.07, 6.45) is 5.39. The van der Waals surface area contributed by atoms with Crippen molar-refractivity contribution < 1.29 is 5.11 Å². The molecule has 0 amide bonds. The number of nitrogens with zero attached hydrogens (tertiary/aromatic N) is 1. The maximum atomic E-state index is 8.76. The van der Waals surface area contributed by atoms with Crippen LogP contribution < -0.4 is 0 Å². The van der Waals surface area contributed by atoms with Gasteiger partial charge < -0.3 is 5.11 Å². The molecule has 1 aliphatic rings. The topological polar surface area (TPSA) is 23.5 Å². The van der Waals surface area contributed by atoms with Crippen molar-refractivity contribution in [2.24, 2.45) is 0 Å². The molecule has 1 saturated heterocycles. The Labute approximate surface area is 68.5 Å². The molecule has 0 radical (unpaired) electrons. The molecule has 64 valence electrons. The summed E-state index contributed by atoms with van der Waals surface area (Å²) in [5, 5.41) is 8.76. The molecule has 1 N–H and O–H groups in total. The fourth-order valence-electron chi connectivity index (χ4n) is 1.78. The molecule has 0 spiro atoms. The zero-order chi connectivity index (χ0) is 8.10. The van der Waals surface area contributed by atoms with Gasteiger partial charge >= 0.3 is 0 Å². The Bertz CT molecular complexity index is 125. The summed E-state index contributed by atoms with van der Waals surface area (Å²) in [5.41, 5.74) is 0. The standard InChI is InChI=1S/C9H17NO/c1-2-6-10-7-3-4-9(10)5-8-11/h2,9,11H,1,3-8H2. The van der Waals surface area contributed by atoms with Crippen molar-refractivity contribution in [1.29, 1.82) is 0 Å². The van der Waals surface area contributed by atoms with E-state index in [-0.39, 0.29) is 0 Å². The summed E-state index contributed by atoms with van der Waals surface area (Å²) in [5.74, 6) is 0. The summed E-state index contributed by atoms with van der Waals surface area (Å²) in [7, 11) is 0. The van der Waals surface area contributed by atoms with Crippen LogP contribution in [-0.4, -0.2) is 35.7 Å². The highest BCUT2D eigenvalue weighted by atomic mass is 16.3. The smallest absolute Gasteiger partial charge is 0.0445 e. The van der Waals surface area contributed by atoms with Gasteiger partial charge in [-0.15, -0.1) is 6.58 Å². The normalized spacial score (nSPS) is 25.7. The second kappa shape index (κ2) is 4.52. The number of rotatable bonds is 4. The summed E-state index contributed by atoms with van der Waals surface area (Å²) >= 11 is 0. The fourth-order valence-corrected chi connectivity index (χ4v) is 1.78. The van der Waals surface area contributed by atoms with Crippen molar-refractivity contribution >= 4 is 0 Å². The van der Waals surface area contributed by atoms with Gasteiger partial charge in [0.05, 0.1) is 0 Å². The fraction of sp³-hybridized carbons (Fsp3) is 0.778. The predicted molar refractivity (Wildman–Crippen MR) is 46.5 cm³/mol. The van der Waals surface area contributed by atoms with Gasteiger partial charge in [0.15, 0.2) is 0 Å². The van der Waals surface area contributed by atoms with E-state index < -0.39 is 0 Å². The molecule has 0 aromatic rings. The monoisotopic (exact) mass is 155 g/mol. The molecule has 0 aromatic heterocycles. The summed E-state index contributed by atoms with van der Waals surface area (Å²) in [6, 6.07) is 0.609. The lowest BCUT2D eigenvalue weighted by Gasteiger charge is -2.21. The van der Waals surface area contributed by atoms with E-state index in [4.69, 9.17) is 5.11 Å². The van der Waals surface area contributed by atoms with Crippen LogP contribution in [0.5, 0.6) is 0 Å². The van der Waals surface area contributed by atoms with E-state index in [0.717, 1.165) is 13.0 Å². The molecule has 1 rings (SSSR count). The zero-order valence-corrected chi connectivity index (χ0v) is 7.00. The van der Waals surface area contributed by atoms with E-state index in [9.17, 15) is 0 Å². The third-order valence-electron chi connectivity index (χ3n) is 2.33. The second-order valence-corrected chi connectivity index (χ2v) is 3.09. The van der Waals surface area contributed by atoms with Crippen LogP contribution in [0.15, 0.2) is 12.7 Å². The van der Waals surface area contributed by atoms with E-state index in [1.807, 2.05) is 6.08 Å². The SMILES string of the molecule is C=CCN1CCCC1CCO. The largest absolute Gasteiger partial charge is 0.396 e. The van der Waals surface area contributed by atoms with Crippen LogP contribution in [-0.2, 0) is 0 Å². The first-order chi connectivity index (χ1) is 5.38. The van der Waals surface area contributed by atoms with Crippen LogP contribution in [0.4, 0.5) is 0 Å². The summed E-state index contributed by atoms with van der Waals surface area (Å²) in [4.78, 5) is 2.39. The van der Waals surface area contributed by atoms with Gasteiger partial charge in [0, 0.05) is 19.2 Å². The van der Waals surface area contributed by atoms with Crippen molar-refractivity contribution in [2.75, 3.05) is 19.7 Å². The minimum Gasteiger partial charge on any atom is -0.396 e. The van der Waals surface area contributed by atoms with Crippen molar-refractivity contribution in [3.8, 4) is 0 Å². The first kappa shape index (κ1) is 8.75. The molecular formula is C9H17NO. The maximum Gasteiger partial charge on any atom is 0.0445 e. The molecular weight excluding hydrogens is 138 g/mol. The van der Waals surface area contributed by atoms with E-state index >= 15 is 0 Å². The van der Waals surface area contributed by atoms with E-state index in [0.29, 0.717) is 12.6 Å². The highest BCUT2D eigenvalue weighted by Gasteiger charge is 2.21. The first-order valence-electron chi connectivity index (χ1n) is 4.34. The Kier molecular flexibility index (Phi) is 3.60. The molecule has 1 atom stereocenters. The van der Waals surface area contributed by atoms with Crippen molar-refractivity contribution in [3.63, 3.8) is 0 Å². The van der Waals surface area contributed by atoms with Gasteiger partial charge in [-0.3, -0.25) is 4.90 Å². The minimum absolute atomic E-state index is 0.318. The molecule has 0 saturated carbocycles. The molecule has 1 aliphatic heterocycles. The lowest BCUT2D eigenvalue weighted by atomic mass is 10.1. The summed E-state index contributed by atoms with van der Waals surface area (Å²) in [6.45, 7) is 6.19. The van der Waals surface area contributed by atoms with Crippen molar-refractivity contribution in [1.82, 2.24) is 4.90 Å². The molecule has 1 heterocycles. The number of aliphatic hydroxyl groups is 1. The van der Waals surface area contributed by atoms with Gasteiger partial charge in [-0.2, -0.15) is 0 Å². The highest BCUT2D eigenvalue weighted by Crippen LogP contribution is 2.18. The Balaban J connectivity index is 2.31. The highest BCUT2D eigenvalue weighted by molar-refractivity contribution is 4.83. The zero-order valence-electron chi connectivity index (χ0n) is 7.00. The van der Waals surface area contributed by atoms with Gasteiger partial charge in [0.2, 0.25) is 0 Å². The lowest BCUT2D eigenvalue weighted by Crippen LogP contribution is -2.30. The van der Waals surface area contributed by atoms with Gasteiger partial charge in [-0.1, -0.05) is 6.08 Å². The average molecular weight is 155 g/mol. The van der Waals surface area contributed by atoms with E-state index in [1.165, 1.54) is 19.4 Å². The molecule has 2 heteroatoms. The lowest BCUT2D eigenvalue weighted by molar-refractivity contribution is 0.208. The second-order valence-electron chi connectivity index (χ2n) is 3.09. The van der Waals surface area contributed by atoms with Crippen LogP contribution in [0, 0.1) is 0 Å². The number of hydrogen-bond acceptors (Lipinski definition) is 2. The van der Waals surface area contributed by atoms with Gasteiger partial charge in [0.25, 0.3) is 0 Å². The van der Waals surface area contributed by atoms with Crippen LogP contribution in [0.1, 0.15) is 19.3 Å². The molecule has 0 bridgehead atoms. The Morgan fingerprint density at radius 1 is 1.64 bits per heavy atom. The predicted octanol–water partition coefficient (Wildman–Crippen LogP) is 1.02. The molecule has 0 aliphatic carbocycles.